The Labute approximate surface area is 110 Å². The number of nitrogens with zero attached hydrogens (tertiary/aromatic N) is 1. The number of unbranched alkanes of at least 4 members (excludes halogenated alkanes) is 1. The average Bonchev–Trinajstić information content (AvgIpc) is 2.42. The maximum Gasteiger partial charge on any atom is 0.231 e. The molecular weight excluding hydrogens is 224 g/mol. The van der Waals surface area contributed by atoms with E-state index in [0.29, 0.717) is 6.54 Å². The van der Waals surface area contributed by atoms with Crippen LogP contribution in [0.5, 0.6) is 0 Å². The van der Waals surface area contributed by atoms with Crippen molar-refractivity contribution in [3.8, 4) is 0 Å². The molecular formula is C15H24N2O. The van der Waals surface area contributed by atoms with Gasteiger partial charge in [0, 0.05) is 19.6 Å². The van der Waals surface area contributed by atoms with Crippen LogP contribution in [-0.2, 0) is 4.79 Å². The second kappa shape index (κ2) is 7.88. The van der Waals surface area contributed by atoms with Crippen LogP contribution in [-0.4, -0.2) is 30.4 Å². The maximum atomic E-state index is 12.5. The van der Waals surface area contributed by atoms with Gasteiger partial charge in [0.1, 0.15) is 0 Å². The van der Waals surface area contributed by atoms with Gasteiger partial charge in [-0.2, -0.15) is 0 Å². The average molecular weight is 248 g/mol. The third-order valence-corrected chi connectivity index (χ3v) is 3.21. The van der Waals surface area contributed by atoms with Crippen LogP contribution in [0.2, 0.25) is 0 Å². The van der Waals surface area contributed by atoms with Crippen molar-refractivity contribution in [3.05, 3.63) is 35.9 Å². The van der Waals surface area contributed by atoms with E-state index >= 15 is 0 Å². The maximum absolute atomic E-state index is 12.5. The topological polar surface area (TPSA) is 46.3 Å². The lowest BCUT2D eigenvalue weighted by molar-refractivity contribution is -0.132. The van der Waals surface area contributed by atoms with Crippen molar-refractivity contribution >= 4 is 5.91 Å². The van der Waals surface area contributed by atoms with E-state index in [0.717, 1.165) is 31.5 Å². The van der Waals surface area contributed by atoms with Gasteiger partial charge in [0.15, 0.2) is 0 Å². The summed E-state index contributed by atoms with van der Waals surface area (Å²) in [5.41, 5.74) is 6.79. The molecule has 1 unspecified atom stereocenters. The minimum atomic E-state index is -0.206. The largest absolute Gasteiger partial charge is 0.342 e. The first-order chi connectivity index (χ1) is 8.74. The highest BCUT2D eigenvalue weighted by atomic mass is 16.2. The first-order valence-electron chi connectivity index (χ1n) is 6.78. The molecule has 3 nitrogen and oxygen atoms in total. The molecule has 100 valence electrons. The summed E-state index contributed by atoms with van der Waals surface area (Å²) in [4.78, 5) is 14.4. The van der Waals surface area contributed by atoms with Gasteiger partial charge in [0.2, 0.25) is 5.91 Å². The quantitative estimate of drug-likeness (QED) is 0.805. The molecule has 0 radical (unpaired) electrons. The fourth-order valence-corrected chi connectivity index (χ4v) is 2.06. The third-order valence-electron chi connectivity index (χ3n) is 3.21. The zero-order valence-electron chi connectivity index (χ0n) is 11.4. The Morgan fingerprint density at radius 3 is 2.44 bits per heavy atom. The molecule has 1 rings (SSSR count). The van der Waals surface area contributed by atoms with Crippen LogP contribution in [0.25, 0.3) is 0 Å². The molecule has 0 aromatic heterocycles. The molecule has 0 aliphatic rings. The summed E-state index contributed by atoms with van der Waals surface area (Å²) in [6.07, 6.45) is 2.15. The highest BCUT2D eigenvalue weighted by molar-refractivity contribution is 5.84. The zero-order chi connectivity index (χ0) is 13.4. The first kappa shape index (κ1) is 14.7. The number of hydrogen-bond acceptors (Lipinski definition) is 2. The van der Waals surface area contributed by atoms with Gasteiger partial charge >= 0.3 is 0 Å². The Morgan fingerprint density at radius 2 is 1.94 bits per heavy atom. The highest BCUT2D eigenvalue weighted by Crippen LogP contribution is 2.17. The molecule has 0 fully saturated rings. The van der Waals surface area contributed by atoms with Crippen LogP contribution in [0.1, 0.15) is 38.2 Å². The van der Waals surface area contributed by atoms with Crippen LogP contribution >= 0.6 is 0 Å². The number of benzene rings is 1. The smallest absolute Gasteiger partial charge is 0.231 e. The van der Waals surface area contributed by atoms with Gasteiger partial charge in [0.25, 0.3) is 0 Å². The van der Waals surface area contributed by atoms with Gasteiger partial charge in [-0.1, -0.05) is 43.7 Å². The summed E-state index contributed by atoms with van der Waals surface area (Å²) in [5.74, 6) is -0.0531. The monoisotopic (exact) mass is 248 g/mol. The molecule has 0 aliphatic heterocycles. The summed E-state index contributed by atoms with van der Waals surface area (Å²) in [6, 6.07) is 9.81. The summed E-state index contributed by atoms with van der Waals surface area (Å²) in [7, 11) is 0. The molecule has 1 atom stereocenters. The van der Waals surface area contributed by atoms with E-state index in [1.807, 2.05) is 42.2 Å². The number of carbonyl (C=O) groups excluding carboxylic acids is 1. The van der Waals surface area contributed by atoms with Crippen molar-refractivity contribution in [2.24, 2.45) is 5.73 Å². The van der Waals surface area contributed by atoms with Crippen molar-refractivity contribution in [3.63, 3.8) is 0 Å². The number of rotatable bonds is 7. The standard InChI is InChI=1S/C15H24N2O/c1-3-5-11-17(4-2)15(18)14(12-16)13-9-7-6-8-10-13/h6-10,14H,3-5,11-12,16H2,1-2H3. The number of hydrogen-bond donors (Lipinski definition) is 1. The van der Waals surface area contributed by atoms with Crippen molar-refractivity contribution in [2.45, 2.75) is 32.6 Å². The number of carbonyl (C=O) groups is 1. The van der Waals surface area contributed by atoms with E-state index in [-0.39, 0.29) is 11.8 Å². The highest BCUT2D eigenvalue weighted by Gasteiger charge is 2.23. The van der Waals surface area contributed by atoms with E-state index in [4.69, 9.17) is 5.73 Å². The molecule has 3 heteroatoms. The van der Waals surface area contributed by atoms with Gasteiger partial charge in [-0.3, -0.25) is 4.79 Å². The second-order valence-electron chi connectivity index (χ2n) is 4.47. The molecule has 0 saturated carbocycles. The van der Waals surface area contributed by atoms with Gasteiger partial charge in [-0.05, 0) is 18.9 Å². The molecule has 0 spiro atoms. The summed E-state index contributed by atoms with van der Waals surface area (Å²) < 4.78 is 0. The first-order valence-corrected chi connectivity index (χ1v) is 6.78. The SMILES string of the molecule is CCCCN(CC)C(=O)C(CN)c1ccccc1. The predicted molar refractivity (Wildman–Crippen MR) is 75.4 cm³/mol. The molecule has 1 aromatic rings. The van der Waals surface area contributed by atoms with Crippen LogP contribution < -0.4 is 5.73 Å². The van der Waals surface area contributed by atoms with Gasteiger partial charge in [0.05, 0.1) is 5.92 Å². The van der Waals surface area contributed by atoms with E-state index in [1.54, 1.807) is 0 Å². The fraction of sp³-hybridized carbons (Fsp3) is 0.533. The van der Waals surface area contributed by atoms with Crippen molar-refractivity contribution in [2.75, 3.05) is 19.6 Å². The van der Waals surface area contributed by atoms with E-state index < -0.39 is 0 Å². The zero-order valence-corrected chi connectivity index (χ0v) is 11.4. The lowest BCUT2D eigenvalue weighted by Crippen LogP contribution is -2.38. The Bertz CT molecular complexity index is 351. The van der Waals surface area contributed by atoms with Crippen LogP contribution in [0.15, 0.2) is 30.3 Å². The van der Waals surface area contributed by atoms with Crippen LogP contribution in [0.4, 0.5) is 0 Å². The van der Waals surface area contributed by atoms with Crippen molar-refractivity contribution in [1.82, 2.24) is 4.90 Å². The van der Waals surface area contributed by atoms with E-state index in [9.17, 15) is 4.79 Å². The predicted octanol–water partition coefficient (Wildman–Crippen LogP) is 2.38. The van der Waals surface area contributed by atoms with E-state index in [1.165, 1.54) is 0 Å². The Balaban J connectivity index is 2.78. The minimum Gasteiger partial charge on any atom is -0.342 e. The minimum absolute atomic E-state index is 0.152. The molecule has 0 bridgehead atoms. The van der Waals surface area contributed by atoms with Gasteiger partial charge in [-0.15, -0.1) is 0 Å². The molecule has 0 heterocycles. The summed E-state index contributed by atoms with van der Waals surface area (Å²) in [5, 5.41) is 0. The Morgan fingerprint density at radius 1 is 1.28 bits per heavy atom. The molecule has 1 amide bonds. The number of nitrogens with two attached hydrogens (primary N) is 1. The second-order valence-corrected chi connectivity index (χ2v) is 4.47. The lowest BCUT2D eigenvalue weighted by Gasteiger charge is -2.25. The van der Waals surface area contributed by atoms with Gasteiger partial charge < -0.3 is 10.6 Å². The van der Waals surface area contributed by atoms with Crippen LogP contribution in [0, 0.1) is 0 Å². The van der Waals surface area contributed by atoms with Crippen molar-refractivity contribution in [1.29, 1.82) is 0 Å². The fourth-order valence-electron chi connectivity index (χ4n) is 2.06. The van der Waals surface area contributed by atoms with E-state index in [2.05, 4.69) is 6.92 Å². The summed E-state index contributed by atoms with van der Waals surface area (Å²) in [6.45, 7) is 6.10. The molecule has 0 saturated heterocycles. The Hall–Kier alpha value is -1.35. The third kappa shape index (κ3) is 3.84. The lowest BCUT2D eigenvalue weighted by atomic mass is 9.97. The molecule has 18 heavy (non-hydrogen) atoms. The number of amides is 1. The van der Waals surface area contributed by atoms with Crippen molar-refractivity contribution < 1.29 is 4.79 Å². The number of likely N-dealkylation sites (N-methyl/N-ethyl adjacent to an activating group) is 1. The molecule has 2 N–H and O–H groups in total. The van der Waals surface area contributed by atoms with Gasteiger partial charge in [-0.25, -0.2) is 0 Å². The Kier molecular flexibility index (Phi) is 6.44. The summed E-state index contributed by atoms with van der Waals surface area (Å²) >= 11 is 0. The molecule has 0 aliphatic carbocycles. The molecule has 1 aromatic carbocycles. The van der Waals surface area contributed by atoms with Crippen LogP contribution in [0.3, 0.4) is 0 Å². The normalized spacial score (nSPS) is 12.2.